The van der Waals surface area contributed by atoms with Crippen LogP contribution in [0.5, 0.6) is 0 Å². The second-order valence-corrected chi connectivity index (χ2v) is 5.80. The van der Waals surface area contributed by atoms with E-state index in [0.29, 0.717) is 6.04 Å². The van der Waals surface area contributed by atoms with Crippen molar-refractivity contribution in [2.24, 2.45) is 7.05 Å². The number of halogens is 2. The van der Waals surface area contributed by atoms with Crippen LogP contribution in [0.2, 0.25) is 0 Å². The van der Waals surface area contributed by atoms with Gasteiger partial charge in [0.05, 0.1) is 0 Å². The lowest BCUT2D eigenvalue weighted by atomic mass is 9.99. The minimum atomic E-state index is 0. The molecular formula is C17H27Cl2N3. The van der Waals surface area contributed by atoms with E-state index in [1.807, 2.05) is 0 Å². The highest BCUT2D eigenvalue weighted by Gasteiger charge is 2.24. The second-order valence-electron chi connectivity index (χ2n) is 5.80. The van der Waals surface area contributed by atoms with Gasteiger partial charge in [0.1, 0.15) is 0 Å². The van der Waals surface area contributed by atoms with Crippen LogP contribution >= 0.6 is 24.8 Å². The van der Waals surface area contributed by atoms with Crippen molar-refractivity contribution < 1.29 is 0 Å². The number of nitrogens with one attached hydrogen (secondary N) is 1. The molecule has 22 heavy (non-hydrogen) atoms. The van der Waals surface area contributed by atoms with Gasteiger partial charge in [-0.15, -0.1) is 24.8 Å². The Morgan fingerprint density at radius 2 is 1.82 bits per heavy atom. The van der Waals surface area contributed by atoms with E-state index in [-0.39, 0.29) is 24.8 Å². The fourth-order valence-corrected chi connectivity index (χ4v) is 3.44. The molecule has 1 N–H and O–H groups in total. The van der Waals surface area contributed by atoms with Gasteiger partial charge in [0.15, 0.2) is 0 Å². The Balaban J connectivity index is 0.00000121. The number of aryl methyl sites for hydroxylation is 1. The van der Waals surface area contributed by atoms with Gasteiger partial charge in [-0.1, -0.05) is 31.5 Å². The minimum absolute atomic E-state index is 0. The van der Waals surface area contributed by atoms with Crippen molar-refractivity contribution in [2.75, 3.05) is 26.2 Å². The lowest BCUT2D eigenvalue weighted by Gasteiger charge is -2.35. The fraction of sp³-hybridized carbons (Fsp3) is 0.529. The second kappa shape index (κ2) is 8.78. The summed E-state index contributed by atoms with van der Waals surface area (Å²) in [6.45, 7) is 6.85. The third kappa shape index (κ3) is 3.77. The van der Waals surface area contributed by atoms with Gasteiger partial charge in [-0.3, -0.25) is 4.90 Å². The summed E-state index contributed by atoms with van der Waals surface area (Å²) in [6.07, 6.45) is 4.82. The van der Waals surface area contributed by atoms with Crippen molar-refractivity contribution >= 4 is 35.7 Å². The number of hydrogen-bond acceptors (Lipinski definition) is 2. The van der Waals surface area contributed by atoms with Crippen molar-refractivity contribution in [3.63, 3.8) is 0 Å². The van der Waals surface area contributed by atoms with Crippen LogP contribution in [0.4, 0.5) is 0 Å². The molecule has 1 saturated heterocycles. The van der Waals surface area contributed by atoms with Gasteiger partial charge >= 0.3 is 0 Å². The zero-order valence-corrected chi connectivity index (χ0v) is 15.1. The third-order valence-electron chi connectivity index (χ3n) is 4.44. The lowest BCUT2D eigenvalue weighted by molar-refractivity contribution is 0.165. The van der Waals surface area contributed by atoms with Gasteiger partial charge in [-0.05, 0) is 18.1 Å². The number of piperazine rings is 1. The molecule has 0 spiro atoms. The zero-order chi connectivity index (χ0) is 13.9. The highest BCUT2D eigenvalue weighted by molar-refractivity contribution is 5.86. The molecule has 2 aromatic rings. The summed E-state index contributed by atoms with van der Waals surface area (Å²) in [5, 5.41) is 4.88. The molecule has 5 heteroatoms. The number of aromatic nitrogens is 1. The van der Waals surface area contributed by atoms with E-state index in [2.05, 4.69) is 59.2 Å². The Hall–Kier alpha value is -0.740. The van der Waals surface area contributed by atoms with Crippen molar-refractivity contribution in [3.05, 3.63) is 36.0 Å². The van der Waals surface area contributed by atoms with Crippen molar-refractivity contribution in [1.29, 1.82) is 0 Å². The maximum absolute atomic E-state index is 3.46. The number of benzene rings is 1. The normalized spacial score (nSPS) is 16.8. The molecule has 1 fully saturated rings. The largest absolute Gasteiger partial charge is 0.350 e. The van der Waals surface area contributed by atoms with Crippen LogP contribution in [-0.2, 0) is 7.05 Å². The topological polar surface area (TPSA) is 20.2 Å². The first kappa shape index (κ1) is 19.3. The van der Waals surface area contributed by atoms with Gasteiger partial charge < -0.3 is 9.88 Å². The van der Waals surface area contributed by atoms with E-state index in [9.17, 15) is 0 Å². The molecule has 0 saturated carbocycles. The van der Waals surface area contributed by atoms with E-state index in [4.69, 9.17) is 0 Å². The van der Waals surface area contributed by atoms with Gasteiger partial charge in [0.2, 0.25) is 0 Å². The number of fused-ring (bicyclic) bond motifs is 1. The van der Waals surface area contributed by atoms with Crippen LogP contribution in [0.25, 0.3) is 10.9 Å². The molecule has 3 nitrogen and oxygen atoms in total. The minimum Gasteiger partial charge on any atom is -0.350 e. The van der Waals surface area contributed by atoms with Crippen molar-refractivity contribution in [3.8, 4) is 0 Å². The predicted molar refractivity (Wildman–Crippen MR) is 99.5 cm³/mol. The Morgan fingerprint density at radius 3 is 2.50 bits per heavy atom. The summed E-state index contributed by atoms with van der Waals surface area (Å²) in [4.78, 5) is 2.65. The summed E-state index contributed by atoms with van der Waals surface area (Å²) in [5.74, 6) is 0. The van der Waals surface area contributed by atoms with Gasteiger partial charge in [0.25, 0.3) is 0 Å². The first-order chi connectivity index (χ1) is 9.81. The predicted octanol–water partition coefficient (Wildman–Crippen LogP) is 3.77. The first-order valence-electron chi connectivity index (χ1n) is 7.80. The highest BCUT2D eigenvalue weighted by atomic mass is 35.5. The molecule has 2 heterocycles. The molecule has 0 amide bonds. The molecule has 0 bridgehead atoms. The average molecular weight is 344 g/mol. The van der Waals surface area contributed by atoms with Crippen LogP contribution in [0, 0.1) is 0 Å². The van der Waals surface area contributed by atoms with Crippen LogP contribution < -0.4 is 5.32 Å². The number of rotatable bonds is 4. The SMILES string of the molecule is CCC[C@@H](c1cn(C)c2ccccc12)N1CCNCC1.Cl.Cl. The number of para-hydroxylation sites is 1. The number of nitrogens with zero attached hydrogens (tertiary/aromatic N) is 2. The summed E-state index contributed by atoms with van der Waals surface area (Å²) in [5.41, 5.74) is 2.85. The molecule has 0 radical (unpaired) electrons. The standard InChI is InChI=1S/C17H25N3.2ClH/c1-3-6-17(20-11-9-18-10-12-20)15-13-19(2)16-8-5-4-7-14(15)16;;/h4-5,7-8,13,17-18H,3,6,9-12H2,1-2H3;2*1H/t17-;;/m0../s1. The molecule has 1 aromatic heterocycles. The van der Waals surface area contributed by atoms with Crippen LogP contribution in [0.15, 0.2) is 30.5 Å². The molecule has 1 aliphatic heterocycles. The third-order valence-corrected chi connectivity index (χ3v) is 4.44. The van der Waals surface area contributed by atoms with E-state index in [1.165, 1.54) is 29.3 Å². The average Bonchev–Trinajstić information content (AvgIpc) is 2.83. The van der Waals surface area contributed by atoms with E-state index >= 15 is 0 Å². The van der Waals surface area contributed by atoms with Crippen LogP contribution in [0.3, 0.4) is 0 Å². The van der Waals surface area contributed by atoms with Crippen LogP contribution in [-0.4, -0.2) is 35.6 Å². The van der Waals surface area contributed by atoms with E-state index in [0.717, 1.165) is 26.2 Å². The van der Waals surface area contributed by atoms with E-state index in [1.54, 1.807) is 0 Å². The summed E-state index contributed by atoms with van der Waals surface area (Å²) in [7, 11) is 2.16. The lowest BCUT2D eigenvalue weighted by Crippen LogP contribution is -2.45. The summed E-state index contributed by atoms with van der Waals surface area (Å²) < 4.78 is 2.27. The smallest absolute Gasteiger partial charge is 0.0481 e. The van der Waals surface area contributed by atoms with Gasteiger partial charge in [-0.2, -0.15) is 0 Å². The molecule has 124 valence electrons. The number of hydrogen-bond donors (Lipinski definition) is 1. The van der Waals surface area contributed by atoms with Crippen molar-refractivity contribution in [2.45, 2.75) is 25.8 Å². The molecule has 1 aromatic carbocycles. The molecular weight excluding hydrogens is 317 g/mol. The monoisotopic (exact) mass is 343 g/mol. The van der Waals surface area contributed by atoms with Gasteiger partial charge in [0, 0.05) is 56.4 Å². The fourth-order valence-electron chi connectivity index (χ4n) is 3.44. The molecule has 0 aliphatic carbocycles. The molecule has 0 unspecified atom stereocenters. The molecule has 1 atom stereocenters. The maximum Gasteiger partial charge on any atom is 0.0481 e. The first-order valence-corrected chi connectivity index (χ1v) is 7.80. The molecule has 3 rings (SSSR count). The van der Waals surface area contributed by atoms with Gasteiger partial charge in [-0.25, -0.2) is 0 Å². The molecule has 1 aliphatic rings. The highest BCUT2D eigenvalue weighted by Crippen LogP contribution is 2.32. The summed E-state index contributed by atoms with van der Waals surface area (Å²) >= 11 is 0. The Morgan fingerprint density at radius 1 is 1.14 bits per heavy atom. The zero-order valence-electron chi connectivity index (χ0n) is 13.4. The van der Waals surface area contributed by atoms with E-state index < -0.39 is 0 Å². The maximum atomic E-state index is 3.46. The van der Waals surface area contributed by atoms with Crippen LogP contribution in [0.1, 0.15) is 31.4 Å². The quantitative estimate of drug-likeness (QED) is 0.911. The van der Waals surface area contributed by atoms with Crippen molar-refractivity contribution in [1.82, 2.24) is 14.8 Å². The Bertz CT molecular complexity index is 576. The Labute approximate surface area is 145 Å². The summed E-state index contributed by atoms with van der Waals surface area (Å²) in [6, 6.07) is 9.35. The Kier molecular flexibility index (Phi) is 7.70.